The quantitative estimate of drug-likeness (QED) is 0.842. The van der Waals surface area contributed by atoms with Gasteiger partial charge in [0.1, 0.15) is 11.6 Å². The number of nitrogens with one attached hydrogen (secondary N) is 1. The molecule has 1 atom stereocenters. The fourth-order valence-electron chi connectivity index (χ4n) is 1.35. The number of carbonyl (C=O) groups excluding carboxylic acids is 1. The Kier molecular flexibility index (Phi) is 5.22. The van der Waals surface area contributed by atoms with Gasteiger partial charge in [0.15, 0.2) is 0 Å². The molecule has 1 rings (SSSR count). The highest BCUT2D eigenvalue weighted by molar-refractivity contribution is 5.78. The maximum atomic E-state index is 13.3. The van der Waals surface area contributed by atoms with Crippen molar-refractivity contribution >= 4 is 5.91 Å². The number of halogens is 2. The molecule has 0 spiro atoms. The minimum Gasteiger partial charge on any atom is -0.391 e. The summed E-state index contributed by atoms with van der Waals surface area (Å²) in [7, 11) is 0. The molecule has 0 aliphatic heterocycles. The van der Waals surface area contributed by atoms with Gasteiger partial charge in [-0.2, -0.15) is 0 Å². The highest BCUT2D eigenvalue weighted by Crippen LogP contribution is 2.10. The molecule has 100 valence electrons. The van der Waals surface area contributed by atoms with E-state index in [1.165, 1.54) is 6.07 Å². The van der Waals surface area contributed by atoms with Crippen LogP contribution in [0.5, 0.6) is 0 Å². The van der Waals surface area contributed by atoms with Gasteiger partial charge >= 0.3 is 0 Å². The summed E-state index contributed by atoms with van der Waals surface area (Å²) in [6, 6.07) is 3.09. The van der Waals surface area contributed by atoms with Crippen molar-refractivity contribution in [1.29, 1.82) is 0 Å². The fourth-order valence-corrected chi connectivity index (χ4v) is 1.35. The first-order valence-corrected chi connectivity index (χ1v) is 5.79. The molecule has 0 bridgehead atoms. The van der Waals surface area contributed by atoms with Crippen molar-refractivity contribution in [1.82, 2.24) is 5.32 Å². The Morgan fingerprint density at radius 2 is 2.06 bits per heavy atom. The lowest BCUT2D eigenvalue weighted by atomic mass is 10.1. The molecule has 1 amide bonds. The van der Waals surface area contributed by atoms with Crippen molar-refractivity contribution in [2.45, 2.75) is 26.4 Å². The Bertz CT molecular complexity index is 421. The predicted molar refractivity (Wildman–Crippen MR) is 63.9 cm³/mol. The molecule has 3 nitrogen and oxygen atoms in total. The molecule has 0 saturated heterocycles. The highest BCUT2D eigenvalue weighted by Gasteiger charge is 2.12. The van der Waals surface area contributed by atoms with E-state index in [9.17, 15) is 18.7 Å². The van der Waals surface area contributed by atoms with Gasteiger partial charge in [0.2, 0.25) is 5.91 Å². The van der Waals surface area contributed by atoms with Gasteiger partial charge in [0, 0.05) is 12.6 Å². The fraction of sp³-hybridized carbons (Fsp3) is 0.462. The summed E-state index contributed by atoms with van der Waals surface area (Å²) in [4.78, 5) is 11.5. The average Bonchev–Trinajstić information content (AvgIpc) is 2.29. The maximum Gasteiger partial charge on any atom is 0.224 e. The van der Waals surface area contributed by atoms with E-state index in [1.807, 2.05) is 13.8 Å². The minimum atomic E-state index is -0.741. The summed E-state index contributed by atoms with van der Waals surface area (Å²) in [6.07, 6.45) is -0.802. The number of hydrogen-bond donors (Lipinski definition) is 2. The average molecular weight is 257 g/mol. The molecule has 0 aromatic heterocycles. The van der Waals surface area contributed by atoms with Gasteiger partial charge < -0.3 is 10.4 Å². The molecule has 0 aliphatic rings. The maximum absolute atomic E-state index is 13.3. The number of benzene rings is 1. The Morgan fingerprint density at radius 3 is 2.61 bits per heavy atom. The van der Waals surface area contributed by atoms with Gasteiger partial charge in [-0.05, 0) is 17.5 Å². The topological polar surface area (TPSA) is 49.3 Å². The van der Waals surface area contributed by atoms with E-state index in [2.05, 4.69) is 5.32 Å². The molecule has 0 fully saturated rings. The third kappa shape index (κ3) is 4.41. The second-order valence-corrected chi connectivity index (χ2v) is 4.53. The van der Waals surface area contributed by atoms with Gasteiger partial charge in [-0.25, -0.2) is 8.78 Å². The van der Waals surface area contributed by atoms with Crippen LogP contribution in [0.4, 0.5) is 8.78 Å². The monoisotopic (exact) mass is 257 g/mol. The second-order valence-electron chi connectivity index (χ2n) is 4.53. The SMILES string of the molecule is CC(C)[C@H](O)CNC(=O)Cc1ccc(F)cc1F. The van der Waals surface area contributed by atoms with Crippen LogP contribution in [-0.4, -0.2) is 23.7 Å². The van der Waals surface area contributed by atoms with Crippen LogP contribution in [-0.2, 0) is 11.2 Å². The zero-order chi connectivity index (χ0) is 13.7. The zero-order valence-corrected chi connectivity index (χ0v) is 10.4. The van der Waals surface area contributed by atoms with E-state index in [-0.39, 0.29) is 24.4 Å². The largest absolute Gasteiger partial charge is 0.391 e. The molecule has 1 aromatic rings. The normalized spacial score (nSPS) is 12.6. The van der Waals surface area contributed by atoms with Crippen molar-refractivity contribution in [3.8, 4) is 0 Å². The van der Waals surface area contributed by atoms with Crippen LogP contribution in [0, 0.1) is 17.6 Å². The van der Waals surface area contributed by atoms with E-state index in [0.717, 1.165) is 12.1 Å². The van der Waals surface area contributed by atoms with Crippen LogP contribution < -0.4 is 5.32 Å². The summed E-state index contributed by atoms with van der Waals surface area (Å²) in [5.41, 5.74) is 0.132. The van der Waals surface area contributed by atoms with Gasteiger partial charge in [0.05, 0.1) is 12.5 Å². The molecule has 5 heteroatoms. The Balaban J connectivity index is 2.50. The Hall–Kier alpha value is -1.49. The van der Waals surface area contributed by atoms with Crippen LogP contribution in [0.2, 0.25) is 0 Å². The van der Waals surface area contributed by atoms with Crippen LogP contribution in [0.25, 0.3) is 0 Å². The Morgan fingerprint density at radius 1 is 1.39 bits per heavy atom. The standard InChI is InChI=1S/C13H17F2NO2/c1-8(2)12(17)7-16-13(18)5-9-3-4-10(14)6-11(9)15/h3-4,6,8,12,17H,5,7H2,1-2H3,(H,16,18)/t12-/m1/s1. The predicted octanol–water partition coefficient (Wildman–Crippen LogP) is 1.64. The van der Waals surface area contributed by atoms with Gasteiger partial charge in [-0.1, -0.05) is 19.9 Å². The molecule has 18 heavy (non-hydrogen) atoms. The van der Waals surface area contributed by atoms with Crippen molar-refractivity contribution in [3.05, 3.63) is 35.4 Å². The lowest BCUT2D eigenvalue weighted by Gasteiger charge is -2.15. The van der Waals surface area contributed by atoms with E-state index in [0.29, 0.717) is 0 Å². The molecule has 0 heterocycles. The van der Waals surface area contributed by atoms with Crippen LogP contribution in [0.3, 0.4) is 0 Å². The highest BCUT2D eigenvalue weighted by atomic mass is 19.1. The van der Waals surface area contributed by atoms with E-state index in [1.54, 1.807) is 0 Å². The van der Waals surface area contributed by atoms with Gasteiger partial charge in [0.25, 0.3) is 0 Å². The minimum absolute atomic E-state index is 0.0351. The number of rotatable bonds is 5. The first-order valence-electron chi connectivity index (χ1n) is 5.79. The lowest BCUT2D eigenvalue weighted by molar-refractivity contribution is -0.121. The van der Waals surface area contributed by atoms with Crippen LogP contribution >= 0.6 is 0 Å². The molecule has 1 aromatic carbocycles. The number of hydrogen-bond acceptors (Lipinski definition) is 2. The molecular formula is C13H17F2NO2. The summed E-state index contributed by atoms with van der Waals surface area (Å²) in [5, 5.41) is 12.0. The Labute approximate surface area is 105 Å². The smallest absolute Gasteiger partial charge is 0.224 e. The molecular weight excluding hydrogens is 240 g/mol. The van der Waals surface area contributed by atoms with Crippen molar-refractivity contribution in [3.63, 3.8) is 0 Å². The number of amides is 1. The zero-order valence-electron chi connectivity index (χ0n) is 10.4. The van der Waals surface area contributed by atoms with Crippen LogP contribution in [0.15, 0.2) is 18.2 Å². The molecule has 0 saturated carbocycles. The van der Waals surface area contributed by atoms with Crippen LogP contribution in [0.1, 0.15) is 19.4 Å². The number of carbonyl (C=O) groups is 1. The summed E-state index contributed by atoms with van der Waals surface area (Å²) in [5.74, 6) is -1.78. The first kappa shape index (κ1) is 14.6. The van der Waals surface area contributed by atoms with Crippen molar-refractivity contribution in [2.24, 2.45) is 5.92 Å². The summed E-state index contributed by atoms with van der Waals surface area (Å²) < 4.78 is 25.9. The van der Waals surface area contributed by atoms with Crippen molar-refractivity contribution in [2.75, 3.05) is 6.54 Å². The van der Waals surface area contributed by atoms with E-state index >= 15 is 0 Å². The van der Waals surface area contributed by atoms with Crippen molar-refractivity contribution < 1.29 is 18.7 Å². The van der Waals surface area contributed by atoms with Gasteiger partial charge in [-0.15, -0.1) is 0 Å². The second kappa shape index (κ2) is 6.44. The van der Waals surface area contributed by atoms with E-state index in [4.69, 9.17) is 0 Å². The first-order chi connectivity index (χ1) is 8.40. The third-order valence-corrected chi connectivity index (χ3v) is 2.64. The summed E-state index contributed by atoms with van der Waals surface area (Å²) in [6.45, 7) is 3.78. The number of aliphatic hydroxyl groups excluding tert-OH is 1. The van der Waals surface area contributed by atoms with Gasteiger partial charge in [-0.3, -0.25) is 4.79 Å². The van der Waals surface area contributed by atoms with E-state index < -0.39 is 23.6 Å². The molecule has 0 aliphatic carbocycles. The summed E-state index contributed by atoms with van der Waals surface area (Å²) >= 11 is 0. The molecule has 0 radical (unpaired) electrons. The molecule has 2 N–H and O–H groups in total. The lowest BCUT2D eigenvalue weighted by Crippen LogP contribution is -2.35. The third-order valence-electron chi connectivity index (χ3n) is 2.64. The number of aliphatic hydroxyl groups is 1. The molecule has 0 unspecified atom stereocenters.